The van der Waals surface area contributed by atoms with Gasteiger partial charge in [0.05, 0.1) is 19.1 Å². The largest absolute Gasteiger partial charge is 0.496 e. The third-order valence-corrected chi connectivity index (χ3v) is 3.90. The second-order valence-corrected chi connectivity index (χ2v) is 5.42. The van der Waals surface area contributed by atoms with Crippen LogP contribution in [0.15, 0.2) is 18.2 Å². The van der Waals surface area contributed by atoms with Gasteiger partial charge in [0.2, 0.25) is 0 Å². The summed E-state index contributed by atoms with van der Waals surface area (Å²) in [6, 6.07) is 8.75. The minimum absolute atomic E-state index is 0.00436. The number of rotatable bonds is 3. The lowest BCUT2D eigenvalue weighted by Crippen LogP contribution is -2.07. The highest BCUT2D eigenvalue weighted by Crippen LogP contribution is 2.56. The van der Waals surface area contributed by atoms with Gasteiger partial charge in [0, 0.05) is 11.0 Å². The van der Waals surface area contributed by atoms with Gasteiger partial charge in [-0.2, -0.15) is 5.26 Å². The minimum atomic E-state index is -0.00436. The summed E-state index contributed by atoms with van der Waals surface area (Å²) < 4.78 is 5.49. The van der Waals surface area contributed by atoms with Crippen LogP contribution >= 0.6 is 0 Å². The third kappa shape index (κ3) is 1.91. The quantitative estimate of drug-likeness (QED) is 0.793. The van der Waals surface area contributed by atoms with Crippen molar-refractivity contribution in [2.45, 2.75) is 38.5 Å². The molecule has 17 heavy (non-hydrogen) atoms. The molecule has 0 spiro atoms. The maximum Gasteiger partial charge on any atom is 0.122 e. The Balaban J connectivity index is 2.40. The highest BCUT2D eigenvalue weighted by atomic mass is 16.5. The Morgan fingerprint density at radius 2 is 2.18 bits per heavy atom. The molecule has 2 unspecified atom stereocenters. The summed E-state index contributed by atoms with van der Waals surface area (Å²) in [7, 11) is 1.70. The average molecular weight is 229 g/mol. The molecular formula is C15H19NO. The van der Waals surface area contributed by atoms with Gasteiger partial charge in [0.15, 0.2) is 0 Å². The van der Waals surface area contributed by atoms with E-state index in [9.17, 15) is 0 Å². The fourth-order valence-corrected chi connectivity index (χ4v) is 2.39. The first-order valence-electron chi connectivity index (χ1n) is 6.11. The highest BCUT2D eigenvalue weighted by molar-refractivity contribution is 5.48. The molecule has 0 amide bonds. The molecule has 1 aliphatic rings. The average Bonchev–Trinajstić information content (AvgIpc) is 3.01. The Bertz CT molecular complexity index is 472. The van der Waals surface area contributed by atoms with Gasteiger partial charge in [0.1, 0.15) is 5.75 Å². The smallest absolute Gasteiger partial charge is 0.122 e. The summed E-state index contributed by atoms with van der Waals surface area (Å²) in [5.41, 5.74) is 2.45. The van der Waals surface area contributed by atoms with Crippen molar-refractivity contribution in [3.63, 3.8) is 0 Å². The molecule has 1 aliphatic carbocycles. The Morgan fingerprint density at radius 1 is 1.47 bits per heavy atom. The molecule has 2 heteroatoms. The zero-order chi connectivity index (χ0) is 12.6. The van der Waals surface area contributed by atoms with Crippen LogP contribution in [0.25, 0.3) is 0 Å². The zero-order valence-corrected chi connectivity index (χ0v) is 10.9. The molecule has 1 aromatic rings. The second-order valence-electron chi connectivity index (χ2n) is 5.42. The molecule has 2 rings (SSSR count). The summed E-state index contributed by atoms with van der Waals surface area (Å²) in [6.45, 7) is 6.49. The van der Waals surface area contributed by atoms with Crippen LogP contribution < -0.4 is 4.74 Å². The molecule has 2 atom stereocenters. The van der Waals surface area contributed by atoms with E-state index in [1.165, 1.54) is 11.1 Å². The Morgan fingerprint density at radius 3 is 2.65 bits per heavy atom. The van der Waals surface area contributed by atoms with Crippen molar-refractivity contribution < 1.29 is 4.74 Å². The van der Waals surface area contributed by atoms with Crippen molar-refractivity contribution in [1.82, 2.24) is 0 Å². The number of hydrogen-bond acceptors (Lipinski definition) is 2. The van der Waals surface area contributed by atoms with E-state index in [0.717, 1.165) is 12.2 Å². The van der Waals surface area contributed by atoms with Crippen molar-refractivity contribution in [3.05, 3.63) is 29.3 Å². The lowest BCUT2D eigenvalue weighted by atomic mass is 9.91. The number of ether oxygens (including phenoxy) is 1. The van der Waals surface area contributed by atoms with Gasteiger partial charge in [-0.05, 0) is 24.0 Å². The second kappa shape index (κ2) is 4.07. The maximum atomic E-state index is 9.02. The summed E-state index contributed by atoms with van der Waals surface area (Å²) in [5.74, 6) is 1.56. The van der Waals surface area contributed by atoms with Crippen LogP contribution in [0.1, 0.15) is 44.2 Å². The minimum Gasteiger partial charge on any atom is -0.496 e. The van der Waals surface area contributed by atoms with Crippen molar-refractivity contribution in [3.8, 4) is 11.8 Å². The lowest BCUT2D eigenvalue weighted by Gasteiger charge is -2.17. The van der Waals surface area contributed by atoms with E-state index in [1.54, 1.807) is 7.11 Å². The van der Waals surface area contributed by atoms with Crippen LogP contribution in [0.2, 0.25) is 0 Å². The summed E-state index contributed by atoms with van der Waals surface area (Å²) in [5, 5.41) is 9.02. The fourth-order valence-electron chi connectivity index (χ4n) is 2.39. The van der Waals surface area contributed by atoms with Crippen molar-refractivity contribution in [2.75, 3.05) is 7.11 Å². The van der Waals surface area contributed by atoms with Gasteiger partial charge in [0.25, 0.3) is 0 Å². The van der Waals surface area contributed by atoms with E-state index in [4.69, 9.17) is 10.00 Å². The first kappa shape index (κ1) is 12.0. The SMILES string of the molecule is COc1cc(C(C)C)ccc1C1(C)CC1C#N. The number of hydrogen-bond donors (Lipinski definition) is 0. The predicted molar refractivity (Wildman–Crippen MR) is 68.2 cm³/mol. The lowest BCUT2D eigenvalue weighted by molar-refractivity contribution is 0.404. The maximum absolute atomic E-state index is 9.02. The van der Waals surface area contributed by atoms with Gasteiger partial charge in [-0.25, -0.2) is 0 Å². The van der Waals surface area contributed by atoms with Crippen LogP contribution in [0.4, 0.5) is 0 Å². The highest BCUT2D eigenvalue weighted by Gasteiger charge is 2.53. The van der Waals surface area contributed by atoms with Gasteiger partial charge < -0.3 is 4.74 Å². The molecule has 0 N–H and O–H groups in total. The van der Waals surface area contributed by atoms with E-state index in [0.29, 0.717) is 5.92 Å². The molecular weight excluding hydrogens is 210 g/mol. The van der Waals surface area contributed by atoms with Crippen LogP contribution in [0.3, 0.4) is 0 Å². The van der Waals surface area contributed by atoms with Crippen LogP contribution in [-0.4, -0.2) is 7.11 Å². The molecule has 0 aromatic heterocycles. The molecule has 1 fully saturated rings. The van der Waals surface area contributed by atoms with E-state index in [2.05, 4.69) is 45.0 Å². The predicted octanol–water partition coefficient (Wildman–Crippen LogP) is 3.62. The molecule has 0 bridgehead atoms. The molecule has 1 saturated carbocycles. The summed E-state index contributed by atoms with van der Waals surface area (Å²) in [6.07, 6.45) is 0.945. The Hall–Kier alpha value is -1.49. The van der Waals surface area contributed by atoms with E-state index < -0.39 is 0 Å². The fraction of sp³-hybridized carbons (Fsp3) is 0.533. The third-order valence-electron chi connectivity index (χ3n) is 3.90. The van der Waals surface area contributed by atoms with Crippen LogP contribution in [0.5, 0.6) is 5.75 Å². The summed E-state index contributed by atoms with van der Waals surface area (Å²) >= 11 is 0. The van der Waals surface area contributed by atoms with Gasteiger partial charge in [-0.1, -0.05) is 32.9 Å². The van der Waals surface area contributed by atoms with Crippen molar-refractivity contribution in [1.29, 1.82) is 5.26 Å². The normalized spacial score (nSPS) is 26.7. The monoisotopic (exact) mass is 229 g/mol. The van der Waals surface area contributed by atoms with Crippen molar-refractivity contribution in [2.24, 2.45) is 5.92 Å². The van der Waals surface area contributed by atoms with Crippen LogP contribution in [0, 0.1) is 17.2 Å². The number of nitrogens with zero attached hydrogens (tertiary/aromatic N) is 1. The first-order valence-corrected chi connectivity index (χ1v) is 6.11. The number of nitriles is 1. The topological polar surface area (TPSA) is 33.0 Å². The van der Waals surface area contributed by atoms with Gasteiger partial charge >= 0.3 is 0 Å². The van der Waals surface area contributed by atoms with E-state index in [-0.39, 0.29) is 11.3 Å². The molecule has 0 aliphatic heterocycles. The number of benzene rings is 1. The molecule has 0 radical (unpaired) electrons. The first-order chi connectivity index (χ1) is 8.02. The molecule has 2 nitrogen and oxygen atoms in total. The standard InChI is InChI=1S/C15H19NO/c1-10(2)11-5-6-13(14(7-11)17-4)15(3)8-12(15)9-16/h5-7,10,12H,8H2,1-4H3. The molecule has 0 heterocycles. The molecule has 1 aromatic carbocycles. The molecule has 0 saturated heterocycles. The Kier molecular flexibility index (Phi) is 2.87. The Labute approximate surface area is 103 Å². The van der Waals surface area contributed by atoms with Gasteiger partial charge in [-0.3, -0.25) is 0 Å². The van der Waals surface area contributed by atoms with E-state index in [1.807, 2.05) is 0 Å². The molecule has 90 valence electrons. The van der Waals surface area contributed by atoms with Crippen LogP contribution in [-0.2, 0) is 5.41 Å². The van der Waals surface area contributed by atoms with Gasteiger partial charge in [-0.15, -0.1) is 0 Å². The zero-order valence-electron chi connectivity index (χ0n) is 10.9. The number of methoxy groups -OCH3 is 1. The van der Waals surface area contributed by atoms with Crippen molar-refractivity contribution >= 4 is 0 Å². The summed E-state index contributed by atoms with van der Waals surface area (Å²) in [4.78, 5) is 0. The van der Waals surface area contributed by atoms with E-state index >= 15 is 0 Å².